The van der Waals surface area contributed by atoms with Crippen LogP contribution >= 0.6 is 23.4 Å². The molecule has 1 atom stereocenters. The van der Waals surface area contributed by atoms with Gasteiger partial charge in [-0.1, -0.05) is 61.3 Å². The third-order valence-electron chi connectivity index (χ3n) is 4.92. The number of hydrogen-bond acceptors (Lipinski definition) is 3. The highest BCUT2D eigenvalue weighted by Crippen LogP contribution is 2.40. The van der Waals surface area contributed by atoms with E-state index in [1.807, 2.05) is 35.2 Å². The Balaban J connectivity index is 1.71. The molecule has 1 heterocycles. The highest BCUT2D eigenvalue weighted by molar-refractivity contribution is 7.99. The van der Waals surface area contributed by atoms with Crippen molar-refractivity contribution in [1.82, 2.24) is 9.80 Å². The Hall–Kier alpha value is -1.56. The molecule has 0 aliphatic carbocycles. The van der Waals surface area contributed by atoms with Crippen LogP contribution in [0.25, 0.3) is 0 Å². The summed E-state index contributed by atoms with van der Waals surface area (Å²) in [4.78, 5) is 17.1. The van der Waals surface area contributed by atoms with E-state index >= 15 is 0 Å². The zero-order valence-electron chi connectivity index (χ0n) is 16.1. The van der Waals surface area contributed by atoms with Crippen molar-refractivity contribution in [2.45, 2.75) is 31.7 Å². The summed E-state index contributed by atoms with van der Waals surface area (Å²) in [6.07, 6.45) is 2.01. The summed E-state index contributed by atoms with van der Waals surface area (Å²) in [6, 6.07) is 14.5. The van der Waals surface area contributed by atoms with Crippen LogP contribution in [0.3, 0.4) is 0 Å². The number of rotatable bonds is 8. The summed E-state index contributed by atoms with van der Waals surface area (Å²) in [5, 5.41) is 0.636. The van der Waals surface area contributed by atoms with Crippen molar-refractivity contribution in [3.05, 3.63) is 70.5 Å². The summed E-state index contributed by atoms with van der Waals surface area (Å²) in [6.45, 7) is 4.33. The normalized spacial score (nSPS) is 16.7. The van der Waals surface area contributed by atoms with Crippen molar-refractivity contribution in [3.63, 3.8) is 0 Å². The van der Waals surface area contributed by atoms with E-state index in [1.165, 1.54) is 6.07 Å². The maximum absolute atomic E-state index is 14.1. The fourth-order valence-corrected chi connectivity index (χ4v) is 5.02. The van der Waals surface area contributed by atoms with Gasteiger partial charge in [0.2, 0.25) is 5.91 Å². The number of thioether (sulfide) groups is 1. The lowest BCUT2D eigenvalue weighted by Crippen LogP contribution is -2.40. The number of halogens is 2. The number of hydrogen-bond donors (Lipinski definition) is 0. The molecule has 0 spiro atoms. The standard InChI is InChI=1S/C22H26ClFN2OS/c1-2-3-12-25(15-17-8-4-7-11-20(17)24)16-21(27)26-13-14-28-22(26)18-9-5-6-10-19(18)23/h4-11,22H,2-3,12-16H2,1H3/t22-/m0/s1. The van der Waals surface area contributed by atoms with Gasteiger partial charge < -0.3 is 4.90 Å². The Bertz CT molecular complexity index is 804. The molecule has 0 unspecified atom stereocenters. The van der Waals surface area contributed by atoms with E-state index in [9.17, 15) is 9.18 Å². The van der Waals surface area contributed by atoms with Gasteiger partial charge in [-0.3, -0.25) is 9.69 Å². The molecule has 0 aromatic heterocycles. The van der Waals surface area contributed by atoms with Crippen molar-refractivity contribution in [3.8, 4) is 0 Å². The van der Waals surface area contributed by atoms with Gasteiger partial charge in [0.25, 0.3) is 0 Å². The Morgan fingerprint density at radius 1 is 1.25 bits per heavy atom. The number of nitrogens with zero attached hydrogens (tertiary/aromatic N) is 2. The predicted octanol–water partition coefficient (Wildman–Crippen LogP) is 5.36. The van der Waals surface area contributed by atoms with Crippen LogP contribution in [0.5, 0.6) is 0 Å². The number of carbonyl (C=O) groups is 1. The molecule has 0 bridgehead atoms. The first-order chi connectivity index (χ1) is 13.6. The quantitative estimate of drug-likeness (QED) is 0.574. The largest absolute Gasteiger partial charge is 0.325 e. The van der Waals surface area contributed by atoms with Crippen molar-refractivity contribution >= 4 is 29.3 Å². The summed E-state index contributed by atoms with van der Waals surface area (Å²) in [7, 11) is 0. The maximum atomic E-state index is 14.1. The van der Waals surface area contributed by atoms with Crippen LogP contribution in [0, 0.1) is 5.82 Å². The highest BCUT2D eigenvalue weighted by Gasteiger charge is 2.32. The van der Waals surface area contributed by atoms with Crippen LogP contribution in [0.1, 0.15) is 36.3 Å². The van der Waals surface area contributed by atoms with Gasteiger partial charge in [0, 0.05) is 35.0 Å². The fraction of sp³-hybridized carbons (Fsp3) is 0.409. The lowest BCUT2D eigenvalue weighted by molar-refractivity contribution is -0.132. The third kappa shape index (κ3) is 5.28. The van der Waals surface area contributed by atoms with E-state index in [0.717, 1.165) is 30.7 Å². The molecular formula is C22H26ClFN2OS. The number of carbonyl (C=O) groups excluding carboxylic acids is 1. The Kier molecular flexibility index (Phi) is 7.77. The lowest BCUT2D eigenvalue weighted by atomic mass is 10.1. The predicted molar refractivity (Wildman–Crippen MR) is 115 cm³/mol. The topological polar surface area (TPSA) is 23.6 Å². The second-order valence-corrected chi connectivity index (χ2v) is 8.58. The van der Waals surface area contributed by atoms with Gasteiger partial charge in [0.15, 0.2) is 0 Å². The molecule has 3 nitrogen and oxygen atoms in total. The molecule has 1 saturated heterocycles. The SMILES string of the molecule is CCCCN(CC(=O)N1CCS[C@H]1c1ccccc1Cl)Cc1ccccc1F. The molecule has 1 aliphatic rings. The molecular weight excluding hydrogens is 395 g/mol. The first-order valence-corrected chi connectivity index (χ1v) is 11.1. The summed E-state index contributed by atoms with van der Waals surface area (Å²) >= 11 is 8.11. The van der Waals surface area contributed by atoms with Crippen LogP contribution in [0.2, 0.25) is 5.02 Å². The van der Waals surface area contributed by atoms with E-state index in [0.29, 0.717) is 23.7 Å². The van der Waals surface area contributed by atoms with E-state index in [2.05, 4.69) is 11.8 Å². The van der Waals surface area contributed by atoms with Crippen LogP contribution in [0.4, 0.5) is 4.39 Å². The Morgan fingerprint density at radius 3 is 2.75 bits per heavy atom. The van der Waals surface area contributed by atoms with Crippen LogP contribution in [0.15, 0.2) is 48.5 Å². The van der Waals surface area contributed by atoms with E-state index in [-0.39, 0.29) is 23.6 Å². The second-order valence-electron chi connectivity index (χ2n) is 6.99. The van der Waals surface area contributed by atoms with Crippen LogP contribution in [-0.4, -0.2) is 41.1 Å². The molecule has 28 heavy (non-hydrogen) atoms. The molecule has 1 amide bonds. The molecule has 150 valence electrons. The van der Waals surface area contributed by atoms with Gasteiger partial charge in [-0.15, -0.1) is 11.8 Å². The first kappa shape index (κ1) is 21.2. The minimum atomic E-state index is -0.220. The minimum Gasteiger partial charge on any atom is -0.325 e. The van der Waals surface area contributed by atoms with E-state index < -0.39 is 0 Å². The highest BCUT2D eigenvalue weighted by atomic mass is 35.5. The number of amides is 1. The number of benzene rings is 2. The van der Waals surface area contributed by atoms with Gasteiger partial charge >= 0.3 is 0 Å². The monoisotopic (exact) mass is 420 g/mol. The van der Waals surface area contributed by atoms with Crippen LogP contribution < -0.4 is 0 Å². The second kappa shape index (κ2) is 10.3. The van der Waals surface area contributed by atoms with Gasteiger partial charge in [0.1, 0.15) is 11.2 Å². The summed E-state index contributed by atoms with van der Waals surface area (Å²) in [5.41, 5.74) is 1.61. The average Bonchev–Trinajstić information content (AvgIpc) is 3.18. The molecule has 1 fully saturated rings. The van der Waals surface area contributed by atoms with Gasteiger partial charge in [-0.05, 0) is 25.1 Å². The van der Waals surface area contributed by atoms with Gasteiger partial charge in [-0.25, -0.2) is 4.39 Å². The molecule has 0 saturated carbocycles. The Labute approximate surface area is 175 Å². The molecule has 2 aromatic rings. The molecule has 6 heteroatoms. The van der Waals surface area contributed by atoms with Crippen molar-refractivity contribution in [2.75, 3.05) is 25.4 Å². The van der Waals surface area contributed by atoms with Gasteiger partial charge in [-0.2, -0.15) is 0 Å². The number of unbranched alkanes of at least 4 members (excludes halogenated alkanes) is 1. The molecule has 0 radical (unpaired) electrons. The van der Waals surface area contributed by atoms with Gasteiger partial charge in [0.05, 0.1) is 6.54 Å². The summed E-state index contributed by atoms with van der Waals surface area (Å²) < 4.78 is 14.1. The minimum absolute atomic E-state index is 0.0531. The fourth-order valence-electron chi connectivity index (χ4n) is 3.40. The van der Waals surface area contributed by atoms with Crippen molar-refractivity contribution < 1.29 is 9.18 Å². The summed E-state index contributed by atoms with van der Waals surface area (Å²) in [5.74, 6) is 0.744. The van der Waals surface area contributed by atoms with E-state index in [4.69, 9.17) is 11.6 Å². The van der Waals surface area contributed by atoms with Crippen molar-refractivity contribution in [1.29, 1.82) is 0 Å². The zero-order valence-corrected chi connectivity index (χ0v) is 17.7. The van der Waals surface area contributed by atoms with Crippen LogP contribution in [-0.2, 0) is 11.3 Å². The molecule has 0 N–H and O–H groups in total. The Morgan fingerprint density at radius 2 is 2.00 bits per heavy atom. The van der Waals surface area contributed by atoms with Crippen molar-refractivity contribution in [2.24, 2.45) is 0 Å². The lowest BCUT2D eigenvalue weighted by Gasteiger charge is -2.29. The zero-order chi connectivity index (χ0) is 19.9. The molecule has 2 aromatic carbocycles. The smallest absolute Gasteiger partial charge is 0.237 e. The first-order valence-electron chi connectivity index (χ1n) is 9.71. The maximum Gasteiger partial charge on any atom is 0.237 e. The molecule has 1 aliphatic heterocycles. The molecule has 3 rings (SSSR count). The third-order valence-corrected chi connectivity index (χ3v) is 6.51. The average molecular weight is 421 g/mol. The van der Waals surface area contributed by atoms with E-state index in [1.54, 1.807) is 23.9 Å².